The quantitative estimate of drug-likeness (QED) is 0.675. The number of carbonyl (C=O) groups is 1. The van der Waals surface area contributed by atoms with Gasteiger partial charge in [-0.2, -0.15) is 5.10 Å². The molecule has 162 valence electrons. The van der Waals surface area contributed by atoms with Crippen LogP contribution in [0.25, 0.3) is 0 Å². The first-order valence-corrected chi connectivity index (χ1v) is 11.1. The van der Waals surface area contributed by atoms with Gasteiger partial charge in [0.15, 0.2) is 5.82 Å². The van der Waals surface area contributed by atoms with Crippen LogP contribution in [-0.2, 0) is 16.1 Å². The molecule has 1 aromatic heterocycles. The number of fused-ring (bicyclic) bond motifs is 1. The molecule has 0 bridgehead atoms. The second-order valence-electron chi connectivity index (χ2n) is 8.10. The topological polar surface area (TPSA) is 68.6 Å². The first-order valence-electron chi connectivity index (χ1n) is 11.1. The van der Waals surface area contributed by atoms with Crippen LogP contribution in [0.4, 0.5) is 5.82 Å². The maximum absolute atomic E-state index is 12.3. The van der Waals surface area contributed by atoms with E-state index in [1.165, 1.54) is 0 Å². The Morgan fingerprint density at radius 2 is 1.97 bits per heavy atom. The summed E-state index contributed by atoms with van der Waals surface area (Å²) < 4.78 is 13.3. The largest absolute Gasteiger partial charge is 0.494 e. The van der Waals surface area contributed by atoms with E-state index in [1.807, 2.05) is 16.8 Å². The van der Waals surface area contributed by atoms with Gasteiger partial charge in [-0.1, -0.05) is 19.1 Å². The number of carbonyl (C=O) groups excluding carboxylic acids is 1. The molecule has 0 saturated carbocycles. The number of rotatable bonds is 8. The number of nitrogens with zero attached hydrogens (tertiary/aromatic N) is 3. The molecule has 2 aliphatic rings. The smallest absolute Gasteiger partial charge is 0.226 e. The van der Waals surface area contributed by atoms with Gasteiger partial charge in [-0.05, 0) is 37.5 Å². The van der Waals surface area contributed by atoms with Crippen LogP contribution in [0.1, 0.15) is 48.9 Å². The lowest BCUT2D eigenvalue weighted by atomic mass is 9.86. The minimum Gasteiger partial charge on any atom is -0.494 e. The third-order valence-electron chi connectivity index (χ3n) is 5.96. The summed E-state index contributed by atoms with van der Waals surface area (Å²) in [6, 6.07) is 8.20. The number of ether oxygens (including phenoxy) is 2. The summed E-state index contributed by atoms with van der Waals surface area (Å²) in [4.78, 5) is 14.7. The average molecular weight is 413 g/mol. The Labute approximate surface area is 178 Å². The molecule has 4 rings (SSSR count). The van der Waals surface area contributed by atoms with Crippen molar-refractivity contribution in [2.24, 2.45) is 0 Å². The van der Waals surface area contributed by atoms with Crippen molar-refractivity contribution in [3.05, 3.63) is 41.1 Å². The van der Waals surface area contributed by atoms with E-state index in [1.54, 1.807) is 0 Å². The Morgan fingerprint density at radius 1 is 1.20 bits per heavy atom. The van der Waals surface area contributed by atoms with Crippen LogP contribution in [0.15, 0.2) is 24.3 Å². The van der Waals surface area contributed by atoms with Crippen LogP contribution in [0.5, 0.6) is 5.75 Å². The monoisotopic (exact) mass is 412 g/mol. The van der Waals surface area contributed by atoms with E-state index in [2.05, 4.69) is 41.3 Å². The Kier molecular flexibility index (Phi) is 6.69. The van der Waals surface area contributed by atoms with Crippen LogP contribution >= 0.6 is 0 Å². The third kappa shape index (κ3) is 4.68. The van der Waals surface area contributed by atoms with Gasteiger partial charge < -0.3 is 14.8 Å². The number of nitrogens with one attached hydrogen (secondary N) is 1. The highest BCUT2D eigenvalue weighted by Gasteiger charge is 2.31. The van der Waals surface area contributed by atoms with E-state index in [9.17, 15) is 4.79 Å². The molecule has 0 spiro atoms. The lowest BCUT2D eigenvalue weighted by Gasteiger charge is -2.26. The molecule has 0 aliphatic carbocycles. The SMILES string of the molecule is CCCn1nc2c(c1C)C(c1ccc(OCCCN3CCOCC3)cc1)CC(=O)N2. The number of hydrogen-bond donors (Lipinski definition) is 1. The van der Waals surface area contributed by atoms with Crippen molar-refractivity contribution in [2.75, 3.05) is 44.8 Å². The van der Waals surface area contributed by atoms with Crippen molar-refractivity contribution in [3.8, 4) is 5.75 Å². The number of aryl methyl sites for hydroxylation is 1. The molecule has 1 saturated heterocycles. The van der Waals surface area contributed by atoms with Gasteiger partial charge in [0.1, 0.15) is 5.75 Å². The molecule has 3 heterocycles. The number of amides is 1. The first kappa shape index (κ1) is 20.9. The fraction of sp³-hybridized carbons (Fsp3) is 0.565. The van der Waals surface area contributed by atoms with Crippen LogP contribution < -0.4 is 10.1 Å². The lowest BCUT2D eigenvalue weighted by molar-refractivity contribution is -0.116. The van der Waals surface area contributed by atoms with Gasteiger partial charge in [0, 0.05) is 49.8 Å². The maximum atomic E-state index is 12.3. The zero-order valence-corrected chi connectivity index (χ0v) is 18.0. The van der Waals surface area contributed by atoms with E-state index < -0.39 is 0 Å². The zero-order valence-electron chi connectivity index (χ0n) is 18.0. The molecule has 1 fully saturated rings. The molecule has 0 radical (unpaired) electrons. The minimum absolute atomic E-state index is 0.0251. The van der Waals surface area contributed by atoms with E-state index >= 15 is 0 Å². The van der Waals surface area contributed by atoms with Gasteiger partial charge in [-0.25, -0.2) is 0 Å². The molecule has 7 heteroatoms. The molecule has 1 aromatic carbocycles. The molecule has 2 aliphatic heterocycles. The van der Waals surface area contributed by atoms with Crippen LogP contribution in [0, 0.1) is 6.92 Å². The van der Waals surface area contributed by atoms with Crippen LogP contribution in [0.2, 0.25) is 0 Å². The fourth-order valence-electron chi connectivity index (χ4n) is 4.35. The summed E-state index contributed by atoms with van der Waals surface area (Å²) in [5, 5.41) is 7.56. The highest BCUT2D eigenvalue weighted by molar-refractivity contribution is 5.94. The molecule has 30 heavy (non-hydrogen) atoms. The summed E-state index contributed by atoms with van der Waals surface area (Å²) in [7, 11) is 0. The van der Waals surface area contributed by atoms with Gasteiger partial charge in [0.25, 0.3) is 0 Å². The van der Waals surface area contributed by atoms with E-state index in [-0.39, 0.29) is 11.8 Å². The summed E-state index contributed by atoms with van der Waals surface area (Å²) in [5.41, 5.74) is 3.41. The molecule has 1 atom stereocenters. The van der Waals surface area contributed by atoms with Crippen molar-refractivity contribution in [3.63, 3.8) is 0 Å². The molecule has 2 aromatic rings. The van der Waals surface area contributed by atoms with Crippen molar-refractivity contribution in [2.45, 2.75) is 45.6 Å². The minimum atomic E-state index is 0.0251. The van der Waals surface area contributed by atoms with Crippen molar-refractivity contribution in [1.82, 2.24) is 14.7 Å². The molecule has 1 N–H and O–H groups in total. The molecule has 1 unspecified atom stereocenters. The number of hydrogen-bond acceptors (Lipinski definition) is 5. The van der Waals surface area contributed by atoms with Gasteiger partial charge >= 0.3 is 0 Å². The number of benzene rings is 1. The van der Waals surface area contributed by atoms with Crippen LogP contribution in [0.3, 0.4) is 0 Å². The molecular weight excluding hydrogens is 380 g/mol. The van der Waals surface area contributed by atoms with Crippen molar-refractivity contribution in [1.29, 1.82) is 0 Å². The average Bonchev–Trinajstić information content (AvgIpc) is 3.07. The normalized spacial score (nSPS) is 19.4. The van der Waals surface area contributed by atoms with Crippen LogP contribution in [-0.4, -0.2) is 60.0 Å². The number of anilines is 1. The highest BCUT2D eigenvalue weighted by Crippen LogP contribution is 2.39. The number of aromatic nitrogens is 2. The second kappa shape index (κ2) is 9.62. The first-order chi connectivity index (χ1) is 14.7. The van der Waals surface area contributed by atoms with Crippen molar-refractivity contribution < 1.29 is 14.3 Å². The van der Waals surface area contributed by atoms with Gasteiger partial charge in [0.2, 0.25) is 5.91 Å². The summed E-state index contributed by atoms with van der Waals surface area (Å²) in [6.07, 6.45) is 2.46. The Balaban J connectivity index is 1.38. The Bertz CT molecular complexity index is 856. The number of morpholine rings is 1. The zero-order chi connectivity index (χ0) is 20.9. The highest BCUT2D eigenvalue weighted by atomic mass is 16.5. The standard InChI is InChI=1S/C23H32N4O3/c1-3-9-27-17(2)22-20(16-21(28)24-23(22)25-27)18-5-7-19(8-6-18)30-13-4-10-26-11-14-29-15-12-26/h5-8,20H,3-4,9-16H2,1-2H3,(H,24,25,28). The Morgan fingerprint density at radius 3 is 2.70 bits per heavy atom. The summed E-state index contributed by atoms with van der Waals surface area (Å²) in [5.74, 6) is 1.65. The summed E-state index contributed by atoms with van der Waals surface area (Å²) >= 11 is 0. The van der Waals surface area contributed by atoms with E-state index in [0.717, 1.165) is 74.8 Å². The predicted octanol–water partition coefficient (Wildman–Crippen LogP) is 3.18. The van der Waals surface area contributed by atoms with Crippen molar-refractivity contribution >= 4 is 11.7 Å². The Hall–Kier alpha value is -2.38. The van der Waals surface area contributed by atoms with Gasteiger partial charge in [-0.15, -0.1) is 0 Å². The molecular formula is C23H32N4O3. The second-order valence-corrected chi connectivity index (χ2v) is 8.10. The van der Waals surface area contributed by atoms with Gasteiger partial charge in [0.05, 0.1) is 19.8 Å². The van der Waals surface area contributed by atoms with E-state index in [0.29, 0.717) is 18.8 Å². The summed E-state index contributed by atoms with van der Waals surface area (Å²) in [6.45, 7) is 10.5. The lowest BCUT2D eigenvalue weighted by Crippen LogP contribution is -2.37. The molecule has 1 amide bonds. The maximum Gasteiger partial charge on any atom is 0.226 e. The van der Waals surface area contributed by atoms with Gasteiger partial charge in [-0.3, -0.25) is 14.4 Å². The predicted molar refractivity (Wildman–Crippen MR) is 116 cm³/mol. The van der Waals surface area contributed by atoms with E-state index in [4.69, 9.17) is 9.47 Å². The fourth-order valence-corrected chi connectivity index (χ4v) is 4.35. The molecule has 7 nitrogen and oxygen atoms in total. The third-order valence-corrected chi connectivity index (χ3v) is 5.96.